The van der Waals surface area contributed by atoms with Crippen molar-refractivity contribution in [2.75, 3.05) is 6.26 Å². The number of benzene rings is 1. The molecule has 4 heteroatoms. The number of nitrogens with zero attached hydrogens (tertiary/aromatic N) is 1. The van der Waals surface area contributed by atoms with Gasteiger partial charge in [-0.1, -0.05) is 18.2 Å². The van der Waals surface area contributed by atoms with Crippen molar-refractivity contribution in [3.05, 3.63) is 36.0 Å². The first kappa shape index (κ1) is 9.27. The standard InChI is InChI=1S/C10H11NO2S/c1-8-7-11(14(2,12)13)10-6-4-3-5-9(8)10/h3-7H,1-2H3. The van der Waals surface area contributed by atoms with E-state index in [1.807, 2.05) is 31.2 Å². The highest BCUT2D eigenvalue weighted by molar-refractivity contribution is 7.89. The van der Waals surface area contributed by atoms with Crippen molar-refractivity contribution in [2.24, 2.45) is 0 Å². The Kier molecular flexibility index (Phi) is 1.89. The fourth-order valence-corrected chi connectivity index (χ4v) is 2.45. The van der Waals surface area contributed by atoms with Gasteiger partial charge in [0.05, 0.1) is 11.8 Å². The highest BCUT2D eigenvalue weighted by Gasteiger charge is 2.11. The summed E-state index contributed by atoms with van der Waals surface area (Å²) in [4.78, 5) is 0. The van der Waals surface area contributed by atoms with Crippen molar-refractivity contribution in [1.29, 1.82) is 0 Å². The summed E-state index contributed by atoms with van der Waals surface area (Å²) in [7, 11) is -3.19. The van der Waals surface area contributed by atoms with Crippen LogP contribution in [-0.4, -0.2) is 18.6 Å². The van der Waals surface area contributed by atoms with Gasteiger partial charge >= 0.3 is 0 Å². The number of fused-ring (bicyclic) bond motifs is 1. The topological polar surface area (TPSA) is 39.1 Å². The monoisotopic (exact) mass is 209 g/mol. The first-order valence-corrected chi connectivity index (χ1v) is 6.12. The minimum atomic E-state index is -3.19. The maximum absolute atomic E-state index is 11.4. The summed E-state index contributed by atoms with van der Waals surface area (Å²) in [5, 5.41) is 0.984. The third-order valence-electron chi connectivity index (χ3n) is 2.23. The molecule has 0 bridgehead atoms. The van der Waals surface area contributed by atoms with E-state index in [0.29, 0.717) is 0 Å². The van der Waals surface area contributed by atoms with E-state index in [1.54, 1.807) is 6.20 Å². The van der Waals surface area contributed by atoms with Crippen LogP contribution in [0.2, 0.25) is 0 Å². The van der Waals surface area contributed by atoms with Gasteiger partial charge in [-0.15, -0.1) is 0 Å². The van der Waals surface area contributed by atoms with Gasteiger partial charge in [-0.05, 0) is 18.6 Å². The van der Waals surface area contributed by atoms with Gasteiger partial charge in [-0.3, -0.25) is 0 Å². The summed E-state index contributed by atoms with van der Waals surface area (Å²) in [6, 6.07) is 7.47. The van der Waals surface area contributed by atoms with Crippen LogP contribution in [0.5, 0.6) is 0 Å². The second-order valence-electron chi connectivity index (χ2n) is 3.39. The quantitative estimate of drug-likeness (QED) is 0.717. The average molecular weight is 209 g/mol. The molecule has 0 fully saturated rings. The van der Waals surface area contributed by atoms with Gasteiger partial charge < -0.3 is 0 Å². The zero-order valence-corrected chi connectivity index (χ0v) is 8.88. The minimum absolute atomic E-state index is 0.743. The van der Waals surface area contributed by atoms with Crippen molar-refractivity contribution in [2.45, 2.75) is 6.92 Å². The molecule has 0 spiro atoms. The molecule has 0 saturated heterocycles. The highest BCUT2D eigenvalue weighted by Crippen LogP contribution is 2.21. The van der Waals surface area contributed by atoms with E-state index in [9.17, 15) is 8.42 Å². The van der Waals surface area contributed by atoms with E-state index < -0.39 is 10.0 Å². The van der Waals surface area contributed by atoms with Crippen LogP contribution in [0.3, 0.4) is 0 Å². The SMILES string of the molecule is Cc1cn(S(C)(=O)=O)c2ccccc12. The molecule has 1 aromatic carbocycles. The molecule has 0 N–H and O–H groups in total. The Bertz CT molecular complexity index is 581. The summed E-state index contributed by atoms with van der Waals surface area (Å²) >= 11 is 0. The maximum Gasteiger partial charge on any atom is 0.236 e. The molecule has 2 aromatic rings. The molecule has 1 aromatic heterocycles. The fourth-order valence-electron chi connectivity index (χ4n) is 1.59. The molecule has 0 saturated carbocycles. The van der Waals surface area contributed by atoms with Crippen molar-refractivity contribution in [3.8, 4) is 0 Å². The van der Waals surface area contributed by atoms with Gasteiger partial charge in [0.1, 0.15) is 0 Å². The smallest absolute Gasteiger partial charge is 0.236 e. The minimum Gasteiger partial charge on any atom is -0.245 e. The van der Waals surface area contributed by atoms with E-state index in [2.05, 4.69) is 0 Å². The molecule has 3 nitrogen and oxygen atoms in total. The predicted molar refractivity (Wildman–Crippen MR) is 56.9 cm³/mol. The molecular formula is C10H11NO2S. The first-order valence-electron chi connectivity index (χ1n) is 4.27. The third-order valence-corrected chi connectivity index (χ3v) is 3.25. The van der Waals surface area contributed by atoms with Crippen molar-refractivity contribution in [3.63, 3.8) is 0 Å². The van der Waals surface area contributed by atoms with Gasteiger partial charge in [0.2, 0.25) is 10.0 Å². The number of aromatic nitrogens is 1. The van der Waals surface area contributed by atoms with Crippen LogP contribution in [0.1, 0.15) is 5.56 Å². The summed E-state index contributed by atoms with van der Waals surface area (Å²) in [5.74, 6) is 0. The lowest BCUT2D eigenvalue weighted by Gasteiger charge is -2.00. The highest BCUT2D eigenvalue weighted by atomic mass is 32.2. The van der Waals surface area contributed by atoms with Crippen molar-refractivity contribution in [1.82, 2.24) is 3.97 Å². The summed E-state index contributed by atoms with van der Waals surface area (Å²) < 4.78 is 24.2. The third kappa shape index (κ3) is 1.32. The maximum atomic E-state index is 11.4. The summed E-state index contributed by atoms with van der Waals surface area (Å²) in [6.07, 6.45) is 2.86. The fraction of sp³-hybridized carbons (Fsp3) is 0.200. The number of aryl methyl sites for hydroxylation is 1. The molecule has 0 amide bonds. The predicted octanol–water partition coefficient (Wildman–Crippen LogP) is 1.76. The Balaban J connectivity index is 2.93. The van der Waals surface area contributed by atoms with Crippen LogP contribution in [-0.2, 0) is 10.0 Å². The Morgan fingerprint density at radius 1 is 1.21 bits per heavy atom. The molecule has 0 aliphatic carbocycles. The van der Waals surface area contributed by atoms with Crippen molar-refractivity contribution >= 4 is 20.9 Å². The molecule has 1 heterocycles. The normalized spacial score (nSPS) is 12.1. The van der Waals surface area contributed by atoms with Gasteiger partial charge in [0, 0.05) is 11.6 Å². The lowest BCUT2D eigenvalue weighted by Crippen LogP contribution is -2.07. The molecule has 74 valence electrons. The molecule has 0 unspecified atom stereocenters. The Labute approximate surface area is 83.0 Å². The Morgan fingerprint density at radius 2 is 1.86 bits per heavy atom. The molecule has 0 aliphatic heterocycles. The second kappa shape index (κ2) is 2.85. The summed E-state index contributed by atoms with van der Waals surface area (Å²) in [5.41, 5.74) is 1.72. The van der Waals surface area contributed by atoms with Gasteiger partial charge in [-0.25, -0.2) is 12.4 Å². The average Bonchev–Trinajstić information content (AvgIpc) is 2.44. The van der Waals surface area contributed by atoms with Gasteiger partial charge in [0.25, 0.3) is 0 Å². The molecular weight excluding hydrogens is 198 g/mol. The van der Waals surface area contributed by atoms with Crippen LogP contribution < -0.4 is 0 Å². The molecule has 0 radical (unpaired) electrons. The van der Waals surface area contributed by atoms with Crippen LogP contribution in [0.4, 0.5) is 0 Å². The molecule has 2 rings (SSSR count). The second-order valence-corrected chi connectivity index (χ2v) is 5.25. The van der Waals surface area contributed by atoms with E-state index >= 15 is 0 Å². The first-order chi connectivity index (χ1) is 6.50. The van der Waals surface area contributed by atoms with E-state index in [0.717, 1.165) is 16.5 Å². The summed E-state index contributed by atoms with van der Waals surface area (Å²) in [6.45, 7) is 1.91. The Hall–Kier alpha value is -1.29. The largest absolute Gasteiger partial charge is 0.245 e. The van der Waals surface area contributed by atoms with Crippen LogP contribution in [0, 0.1) is 6.92 Å². The molecule has 0 aliphatic rings. The van der Waals surface area contributed by atoms with Gasteiger partial charge in [0.15, 0.2) is 0 Å². The van der Waals surface area contributed by atoms with Crippen LogP contribution in [0.15, 0.2) is 30.5 Å². The number of hydrogen-bond donors (Lipinski definition) is 0. The number of rotatable bonds is 1. The molecule has 14 heavy (non-hydrogen) atoms. The van der Waals surface area contributed by atoms with Crippen molar-refractivity contribution < 1.29 is 8.42 Å². The van der Waals surface area contributed by atoms with E-state index in [-0.39, 0.29) is 0 Å². The zero-order chi connectivity index (χ0) is 10.3. The zero-order valence-electron chi connectivity index (χ0n) is 8.06. The van der Waals surface area contributed by atoms with Gasteiger partial charge in [-0.2, -0.15) is 0 Å². The van der Waals surface area contributed by atoms with Crippen LogP contribution in [0.25, 0.3) is 10.9 Å². The van der Waals surface area contributed by atoms with E-state index in [1.165, 1.54) is 10.2 Å². The lowest BCUT2D eigenvalue weighted by atomic mass is 10.2. The number of hydrogen-bond acceptors (Lipinski definition) is 2. The number of para-hydroxylation sites is 1. The van der Waals surface area contributed by atoms with Crippen LogP contribution >= 0.6 is 0 Å². The lowest BCUT2D eigenvalue weighted by molar-refractivity contribution is 0.595. The van der Waals surface area contributed by atoms with E-state index in [4.69, 9.17) is 0 Å². The molecule has 0 atom stereocenters. The Morgan fingerprint density at radius 3 is 2.50 bits per heavy atom.